The molecule has 7 nitrogen and oxygen atoms in total. The smallest absolute Gasteiger partial charge is 0.309 e. The number of ether oxygens (including phenoxy) is 2. The molecule has 0 saturated heterocycles. The summed E-state index contributed by atoms with van der Waals surface area (Å²) in [5.74, 6) is -3.38. The van der Waals surface area contributed by atoms with Gasteiger partial charge in [0.2, 0.25) is 5.78 Å². The molecule has 0 bridgehead atoms. The van der Waals surface area contributed by atoms with Crippen LogP contribution in [0.3, 0.4) is 0 Å². The third-order valence-corrected chi connectivity index (χ3v) is 12.2. The van der Waals surface area contributed by atoms with Crippen LogP contribution in [0.25, 0.3) is 0 Å². The molecule has 6 aliphatic carbocycles. The maximum atomic E-state index is 17.5. The third-order valence-electron chi connectivity index (χ3n) is 12.2. The summed E-state index contributed by atoms with van der Waals surface area (Å²) in [6, 6.07) is 0. The number of Topliss-reactive ketones (excluding diaryl/α,β-unsaturated/α-hetero) is 1. The van der Waals surface area contributed by atoms with E-state index in [-0.39, 0.29) is 48.1 Å². The lowest BCUT2D eigenvalue weighted by atomic mass is 9.45. The van der Waals surface area contributed by atoms with E-state index < -0.39 is 52.3 Å². The molecule has 0 heterocycles. The summed E-state index contributed by atoms with van der Waals surface area (Å²) in [7, 11) is 0. The van der Waals surface area contributed by atoms with Crippen molar-refractivity contribution in [3.63, 3.8) is 0 Å². The van der Waals surface area contributed by atoms with Crippen LogP contribution in [-0.2, 0) is 28.7 Å². The van der Waals surface area contributed by atoms with Crippen molar-refractivity contribution in [2.45, 2.75) is 109 Å². The molecule has 5 fully saturated rings. The van der Waals surface area contributed by atoms with Crippen LogP contribution < -0.4 is 0 Å². The molecule has 0 amide bonds. The number of hydrogen-bond acceptors (Lipinski definition) is 7. The Morgan fingerprint density at radius 2 is 1.63 bits per heavy atom. The summed E-state index contributed by atoms with van der Waals surface area (Å²) in [4.78, 5) is 52.6. The molecule has 0 radical (unpaired) electrons. The van der Waals surface area contributed by atoms with Crippen LogP contribution in [0.15, 0.2) is 23.5 Å². The van der Waals surface area contributed by atoms with Gasteiger partial charge in [0.05, 0.1) is 17.3 Å². The van der Waals surface area contributed by atoms with Crippen molar-refractivity contribution in [1.29, 1.82) is 0 Å². The number of ketones is 2. The SMILES string of the molecule is C[C@@H]1C[C@H]2[C@@H]3CCC4=CC(=O)C=C(O)[C@]4(C)C3(F)CC[C@]2(C)[C@@]1(OC(=O)C1CC1)C(=O)COC(=O)C1CCCCC1. The summed E-state index contributed by atoms with van der Waals surface area (Å²) in [6.45, 7) is 5.09. The standard InChI is InChI=1S/C33H43FO7/c1-19-15-25-24-12-11-22-16-23(35)17-26(36)31(22,3)32(24,34)14-13-30(25,2)33(19,41-29(39)21-9-10-21)27(37)18-40-28(38)20-7-5-4-6-8-20/h16-17,19-21,24-25,36H,4-15,18H2,1-3H3/t19-,24+,25+,30+,31-,32?,33+/m1/s1. The first-order chi connectivity index (χ1) is 19.4. The average molecular weight is 571 g/mol. The fourth-order valence-electron chi connectivity index (χ4n) is 9.66. The Kier molecular flexibility index (Phi) is 6.81. The molecule has 224 valence electrons. The van der Waals surface area contributed by atoms with Crippen LogP contribution in [0.5, 0.6) is 0 Å². The number of rotatable bonds is 6. The molecule has 0 aromatic carbocycles. The van der Waals surface area contributed by atoms with E-state index in [1.54, 1.807) is 6.92 Å². The molecule has 5 saturated carbocycles. The number of hydrogen-bond donors (Lipinski definition) is 1. The highest BCUT2D eigenvalue weighted by Gasteiger charge is 2.76. The number of aliphatic hydroxyl groups is 1. The average Bonchev–Trinajstić information content (AvgIpc) is 3.77. The number of fused-ring (bicyclic) bond motifs is 5. The van der Waals surface area contributed by atoms with E-state index in [1.807, 2.05) is 13.8 Å². The Hall–Kier alpha value is -2.51. The molecule has 0 spiro atoms. The predicted molar refractivity (Wildman–Crippen MR) is 147 cm³/mol. The van der Waals surface area contributed by atoms with Crippen LogP contribution in [0.4, 0.5) is 4.39 Å². The molecule has 7 atom stereocenters. The Morgan fingerprint density at radius 1 is 0.951 bits per heavy atom. The number of carbonyl (C=O) groups is 4. The van der Waals surface area contributed by atoms with Gasteiger partial charge in [0.1, 0.15) is 11.4 Å². The lowest BCUT2D eigenvalue weighted by molar-refractivity contribution is -0.207. The number of halogens is 1. The topological polar surface area (TPSA) is 107 Å². The molecular formula is C33H43FO7. The number of allylic oxidation sites excluding steroid dienone is 3. The van der Waals surface area contributed by atoms with Gasteiger partial charge in [-0.05, 0) is 88.2 Å². The van der Waals surface area contributed by atoms with Gasteiger partial charge in [0.25, 0.3) is 0 Å². The fraction of sp³-hybridized carbons (Fsp3) is 0.758. The molecule has 6 rings (SSSR count). The van der Waals surface area contributed by atoms with Gasteiger partial charge >= 0.3 is 11.9 Å². The van der Waals surface area contributed by atoms with Gasteiger partial charge in [0.15, 0.2) is 18.0 Å². The van der Waals surface area contributed by atoms with E-state index in [0.29, 0.717) is 24.8 Å². The van der Waals surface area contributed by atoms with Gasteiger partial charge in [-0.15, -0.1) is 0 Å². The fourth-order valence-corrected chi connectivity index (χ4v) is 9.66. The Morgan fingerprint density at radius 3 is 2.32 bits per heavy atom. The highest BCUT2D eigenvalue weighted by Crippen LogP contribution is 2.72. The summed E-state index contributed by atoms with van der Waals surface area (Å²) in [5, 5.41) is 11.0. The molecule has 1 unspecified atom stereocenters. The first kappa shape index (κ1) is 28.6. The first-order valence-corrected chi connectivity index (χ1v) is 15.7. The van der Waals surface area contributed by atoms with Crippen LogP contribution in [0.1, 0.15) is 97.8 Å². The molecule has 6 aliphatic rings. The van der Waals surface area contributed by atoms with E-state index in [1.165, 1.54) is 6.08 Å². The van der Waals surface area contributed by atoms with E-state index in [9.17, 15) is 24.3 Å². The second kappa shape index (κ2) is 9.77. The number of alkyl halides is 1. The molecule has 0 aliphatic heterocycles. The van der Waals surface area contributed by atoms with E-state index in [4.69, 9.17) is 9.47 Å². The molecule has 0 aromatic rings. The van der Waals surface area contributed by atoms with Crippen LogP contribution in [-0.4, -0.2) is 46.5 Å². The highest BCUT2D eigenvalue weighted by atomic mass is 19.1. The van der Waals surface area contributed by atoms with E-state index in [2.05, 4.69) is 0 Å². The monoisotopic (exact) mass is 570 g/mol. The van der Waals surface area contributed by atoms with Gasteiger partial charge in [-0.3, -0.25) is 19.2 Å². The Labute approximate surface area is 241 Å². The van der Waals surface area contributed by atoms with Crippen LogP contribution in [0, 0.1) is 40.4 Å². The molecule has 1 N–H and O–H groups in total. The van der Waals surface area contributed by atoms with Gasteiger partial charge in [-0.1, -0.05) is 33.1 Å². The summed E-state index contributed by atoms with van der Waals surface area (Å²) in [5.41, 5.74) is -4.91. The second-order valence-electron chi connectivity index (χ2n) is 14.2. The summed E-state index contributed by atoms with van der Waals surface area (Å²) < 4.78 is 29.5. The van der Waals surface area contributed by atoms with Crippen molar-refractivity contribution >= 4 is 23.5 Å². The van der Waals surface area contributed by atoms with Crippen molar-refractivity contribution in [3.8, 4) is 0 Å². The molecule has 8 heteroatoms. The van der Waals surface area contributed by atoms with Crippen molar-refractivity contribution in [3.05, 3.63) is 23.5 Å². The minimum Gasteiger partial charge on any atom is -0.511 e. The summed E-state index contributed by atoms with van der Waals surface area (Å²) in [6.07, 6.45) is 10.3. The lowest BCUT2D eigenvalue weighted by Gasteiger charge is -2.61. The maximum Gasteiger partial charge on any atom is 0.309 e. The molecule has 41 heavy (non-hydrogen) atoms. The van der Waals surface area contributed by atoms with Crippen molar-refractivity contribution in [2.24, 2.45) is 40.4 Å². The van der Waals surface area contributed by atoms with Crippen LogP contribution >= 0.6 is 0 Å². The normalized spacial score (nSPS) is 42.2. The minimum atomic E-state index is -1.82. The van der Waals surface area contributed by atoms with Crippen molar-refractivity contribution < 1.29 is 38.1 Å². The van der Waals surface area contributed by atoms with Gasteiger partial charge in [-0.25, -0.2) is 4.39 Å². The zero-order valence-corrected chi connectivity index (χ0v) is 24.5. The Bertz CT molecular complexity index is 1230. The first-order valence-electron chi connectivity index (χ1n) is 15.7. The predicted octanol–water partition coefficient (Wildman–Crippen LogP) is 5.90. The van der Waals surface area contributed by atoms with Crippen LogP contribution in [0.2, 0.25) is 0 Å². The second-order valence-corrected chi connectivity index (χ2v) is 14.2. The van der Waals surface area contributed by atoms with E-state index >= 15 is 4.39 Å². The van der Waals surface area contributed by atoms with Gasteiger partial charge < -0.3 is 14.6 Å². The number of aliphatic hydroxyl groups excluding tert-OH is 1. The van der Waals surface area contributed by atoms with Gasteiger partial charge in [-0.2, -0.15) is 0 Å². The Balaban J connectivity index is 1.33. The summed E-state index contributed by atoms with van der Waals surface area (Å²) >= 11 is 0. The largest absolute Gasteiger partial charge is 0.511 e. The lowest BCUT2D eigenvalue weighted by Crippen LogP contribution is -2.66. The third kappa shape index (κ3) is 4.01. The van der Waals surface area contributed by atoms with Crippen molar-refractivity contribution in [1.82, 2.24) is 0 Å². The minimum absolute atomic E-state index is 0.0508. The quantitative estimate of drug-likeness (QED) is 0.396. The number of carbonyl (C=O) groups excluding carboxylic acids is 4. The van der Waals surface area contributed by atoms with Gasteiger partial charge in [0, 0.05) is 17.4 Å². The van der Waals surface area contributed by atoms with E-state index in [0.717, 1.165) is 51.0 Å². The zero-order chi connectivity index (χ0) is 29.4. The molecule has 0 aromatic heterocycles. The number of esters is 2. The molecular weight excluding hydrogens is 527 g/mol. The zero-order valence-electron chi connectivity index (χ0n) is 24.5. The van der Waals surface area contributed by atoms with Crippen molar-refractivity contribution in [2.75, 3.05) is 6.61 Å². The maximum absolute atomic E-state index is 17.5. The highest BCUT2D eigenvalue weighted by molar-refractivity contribution is 6.01.